The van der Waals surface area contributed by atoms with Gasteiger partial charge in [-0.2, -0.15) is 0 Å². The van der Waals surface area contributed by atoms with Gasteiger partial charge in [0.25, 0.3) is 0 Å². The molecular formula is C64H46BN3S. The van der Waals surface area contributed by atoms with Crippen LogP contribution in [0.3, 0.4) is 0 Å². The summed E-state index contributed by atoms with van der Waals surface area (Å²) in [6, 6.07) is 103. The molecule has 2 aliphatic rings. The van der Waals surface area contributed by atoms with E-state index in [0.717, 1.165) is 45.5 Å². The highest BCUT2D eigenvalue weighted by Crippen LogP contribution is 2.74. The van der Waals surface area contributed by atoms with E-state index in [9.17, 15) is 0 Å². The number of nitrogens with zero attached hydrogens (tertiary/aromatic N) is 3. The molecule has 2 aliphatic heterocycles. The van der Waals surface area contributed by atoms with E-state index >= 15 is 0 Å². The van der Waals surface area contributed by atoms with Crippen LogP contribution in [0.25, 0.3) is 10.8 Å². The minimum atomic E-state index is -2.04. The Hall–Kier alpha value is -8.51. The molecule has 0 saturated heterocycles. The molecule has 3 nitrogen and oxygen atoms in total. The number of para-hydroxylation sites is 4. The van der Waals surface area contributed by atoms with Crippen molar-refractivity contribution in [2.75, 3.05) is 14.7 Å². The van der Waals surface area contributed by atoms with Crippen LogP contribution in [0.15, 0.2) is 299 Å². The SMILES string of the molecule is c1ccc(N(c2ccccc2)c2cccc(N3c4cc(N(c5ccccc5)c5ccccc5)ccc4B4c5ccccc5S(c5ccccc5)(c5ccc6ccccc6c5)c5cccc3c54)c2)cc1. The summed E-state index contributed by atoms with van der Waals surface area (Å²) in [7, 11) is -2.04. The molecule has 0 radical (unpaired) electrons. The van der Waals surface area contributed by atoms with Crippen LogP contribution in [0.5, 0.6) is 0 Å². The van der Waals surface area contributed by atoms with E-state index in [1.165, 1.54) is 52.4 Å². The molecule has 13 rings (SSSR count). The average molecular weight is 900 g/mol. The number of hydrogen-bond acceptors (Lipinski definition) is 3. The highest BCUT2D eigenvalue weighted by Gasteiger charge is 2.49. The zero-order chi connectivity index (χ0) is 45.7. The molecule has 0 aliphatic carbocycles. The average Bonchev–Trinajstić information content (AvgIpc) is 3.42. The molecular weight excluding hydrogens is 854 g/mol. The number of rotatable bonds is 9. The Bertz CT molecular complexity index is 3570. The molecule has 0 fully saturated rings. The van der Waals surface area contributed by atoms with E-state index in [1.54, 1.807) is 0 Å². The van der Waals surface area contributed by atoms with Crippen LogP contribution in [0.4, 0.5) is 51.2 Å². The van der Waals surface area contributed by atoms with Gasteiger partial charge < -0.3 is 14.7 Å². The van der Waals surface area contributed by atoms with Gasteiger partial charge in [-0.05, 0) is 153 Å². The molecule has 0 aromatic heterocycles. The van der Waals surface area contributed by atoms with Gasteiger partial charge in [0, 0.05) is 61.0 Å². The Kier molecular flexibility index (Phi) is 10.0. The van der Waals surface area contributed by atoms with E-state index in [4.69, 9.17) is 0 Å². The molecule has 11 aromatic rings. The quantitative estimate of drug-likeness (QED) is 0.134. The van der Waals surface area contributed by atoms with Crippen LogP contribution in [-0.2, 0) is 0 Å². The first-order chi connectivity index (χ1) is 34.3. The topological polar surface area (TPSA) is 9.72 Å². The highest BCUT2D eigenvalue weighted by molar-refractivity contribution is 8.34. The highest BCUT2D eigenvalue weighted by atomic mass is 32.3. The summed E-state index contributed by atoms with van der Waals surface area (Å²) in [4.78, 5) is 12.7. The van der Waals surface area contributed by atoms with Crippen molar-refractivity contribution in [3.05, 3.63) is 279 Å². The van der Waals surface area contributed by atoms with Crippen LogP contribution in [0.1, 0.15) is 0 Å². The molecule has 1 atom stereocenters. The lowest BCUT2D eigenvalue weighted by atomic mass is 9.35. The number of benzene rings is 11. The lowest BCUT2D eigenvalue weighted by Crippen LogP contribution is -2.61. The van der Waals surface area contributed by atoms with Crippen LogP contribution in [-0.4, -0.2) is 6.71 Å². The van der Waals surface area contributed by atoms with Crippen LogP contribution < -0.4 is 31.1 Å². The summed E-state index contributed by atoms with van der Waals surface area (Å²) in [5, 5.41) is 2.50. The Morgan fingerprint density at radius 3 is 1.45 bits per heavy atom. The maximum Gasteiger partial charge on any atom is 0.249 e. The first-order valence-corrected chi connectivity index (χ1v) is 25.3. The summed E-state index contributed by atoms with van der Waals surface area (Å²) < 4.78 is 0. The standard InChI is InChI=1S/C64H46BN3S/c1-6-24-49(25-7-1)66(50-26-8-2-9-27-50)53-32-20-33-54(45-53)68-60-37-21-39-63-64(60)65(58-43-41-55(46-61(58)68)67(51-28-10-3-11-29-51)52-30-12-4-13-31-52)59-36-18-19-38-62(59)69(63,56-34-14-5-15-35-56)57-42-40-47-22-16-17-23-48(47)44-57/h1-46H. The van der Waals surface area contributed by atoms with Gasteiger partial charge in [-0.25, -0.2) is 0 Å². The molecule has 1 unspecified atom stereocenters. The van der Waals surface area contributed by atoms with Gasteiger partial charge in [0.15, 0.2) is 0 Å². The second-order valence-electron chi connectivity index (χ2n) is 17.7. The first kappa shape index (κ1) is 40.7. The third kappa shape index (κ3) is 6.69. The molecule has 5 heteroatoms. The fourth-order valence-corrected chi connectivity index (χ4v) is 15.3. The molecule has 11 aromatic carbocycles. The third-order valence-corrected chi connectivity index (χ3v) is 17.8. The van der Waals surface area contributed by atoms with Crippen molar-refractivity contribution >= 4 is 95.1 Å². The van der Waals surface area contributed by atoms with Crippen LogP contribution >= 0.6 is 10.0 Å². The summed E-state index contributed by atoms with van der Waals surface area (Å²) >= 11 is 0. The van der Waals surface area contributed by atoms with Gasteiger partial charge in [0.05, 0.1) is 0 Å². The Labute approximate surface area is 406 Å². The number of hydrogen-bond donors (Lipinski definition) is 0. The van der Waals surface area contributed by atoms with Crippen molar-refractivity contribution in [3.8, 4) is 0 Å². The largest absolute Gasteiger partial charge is 0.311 e. The lowest BCUT2D eigenvalue weighted by Gasteiger charge is -2.51. The van der Waals surface area contributed by atoms with E-state index in [0.29, 0.717) is 0 Å². The Morgan fingerprint density at radius 2 is 0.812 bits per heavy atom. The molecule has 326 valence electrons. The van der Waals surface area contributed by atoms with Gasteiger partial charge in [0.1, 0.15) is 0 Å². The van der Waals surface area contributed by atoms with E-state index in [1.807, 2.05) is 0 Å². The third-order valence-electron chi connectivity index (χ3n) is 13.9. The van der Waals surface area contributed by atoms with Gasteiger partial charge in [-0.1, -0.05) is 163 Å². The first-order valence-electron chi connectivity index (χ1n) is 23.7. The van der Waals surface area contributed by atoms with E-state index in [-0.39, 0.29) is 6.71 Å². The zero-order valence-corrected chi connectivity index (χ0v) is 38.7. The predicted octanol–water partition coefficient (Wildman–Crippen LogP) is 15.7. The van der Waals surface area contributed by atoms with Crippen LogP contribution in [0, 0.1) is 0 Å². The van der Waals surface area contributed by atoms with Crippen molar-refractivity contribution in [1.82, 2.24) is 0 Å². The van der Waals surface area contributed by atoms with Crippen LogP contribution in [0.2, 0.25) is 0 Å². The summed E-state index contributed by atoms with van der Waals surface area (Å²) in [5.41, 5.74) is 14.0. The summed E-state index contributed by atoms with van der Waals surface area (Å²) in [5.74, 6) is 0. The van der Waals surface area contributed by atoms with Crippen molar-refractivity contribution < 1.29 is 0 Å². The van der Waals surface area contributed by atoms with Crippen molar-refractivity contribution in [2.24, 2.45) is 0 Å². The fourth-order valence-electron chi connectivity index (χ4n) is 11.0. The summed E-state index contributed by atoms with van der Waals surface area (Å²) in [6.07, 6.45) is 0. The van der Waals surface area contributed by atoms with Gasteiger partial charge in [-0.3, -0.25) is 0 Å². The monoisotopic (exact) mass is 899 g/mol. The Morgan fingerprint density at radius 1 is 0.304 bits per heavy atom. The van der Waals surface area contributed by atoms with Crippen molar-refractivity contribution in [3.63, 3.8) is 0 Å². The van der Waals surface area contributed by atoms with Gasteiger partial charge in [0.2, 0.25) is 6.71 Å². The Balaban J connectivity index is 1.11. The minimum Gasteiger partial charge on any atom is -0.311 e. The number of fused-ring (bicyclic) bond motifs is 5. The second kappa shape index (κ2) is 17.0. The molecule has 69 heavy (non-hydrogen) atoms. The van der Waals surface area contributed by atoms with Crippen molar-refractivity contribution in [1.29, 1.82) is 0 Å². The fraction of sp³-hybridized carbons (Fsp3) is 0. The maximum atomic E-state index is 2.56. The molecule has 0 saturated carbocycles. The predicted molar refractivity (Wildman–Crippen MR) is 293 cm³/mol. The normalized spacial score (nSPS) is 15.3. The minimum absolute atomic E-state index is 0.0206. The lowest BCUT2D eigenvalue weighted by molar-refractivity contribution is 1.21. The molecule has 0 spiro atoms. The molecule has 0 bridgehead atoms. The van der Waals surface area contributed by atoms with Crippen molar-refractivity contribution in [2.45, 2.75) is 19.6 Å². The smallest absolute Gasteiger partial charge is 0.249 e. The number of anilines is 9. The van der Waals surface area contributed by atoms with Gasteiger partial charge >= 0.3 is 0 Å². The second-order valence-corrected chi connectivity index (χ2v) is 20.8. The van der Waals surface area contributed by atoms with Gasteiger partial charge in [-0.15, -0.1) is 10.0 Å². The molecule has 2 heterocycles. The van der Waals surface area contributed by atoms with E-state index < -0.39 is 10.0 Å². The zero-order valence-electron chi connectivity index (χ0n) is 37.9. The molecule has 0 N–H and O–H groups in total. The molecule has 0 amide bonds. The maximum absolute atomic E-state index is 2.56. The summed E-state index contributed by atoms with van der Waals surface area (Å²) in [6.45, 7) is -0.0206. The van der Waals surface area contributed by atoms with E-state index in [2.05, 4.69) is 294 Å².